The molecule has 0 atom stereocenters. The van der Waals surface area contributed by atoms with Crippen molar-refractivity contribution in [2.75, 3.05) is 0 Å². The Bertz CT molecular complexity index is 540. The van der Waals surface area contributed by atoms with Crippen LogP contribution in [0.15, 0.2) is 15.6 Å². The minimum absolute atomic E-state index is 0.0952. The molecule has 0 amide bonds. The predicted molar refractivity (Wildman–Crippen MR) is 49.0 cm³/mol. The molecule has 0 bridgehead atoms. The van der Waals surface area contributed by atoms with Crippen LogP contribution in [-0.2, 0) is 13.0 Å². The molecule has 72 valence electrons. The summed E-state index contributed by atoms with van der Waals surface area (Å²) in [6.07, 6.45) is 4.26. The largest absolute Gasteiger partial charge is 0.436 e. The van der Waals surface area contributed by atoms with Crippen molar-refractivity contribution in [3.63, 3.8) is 0 Å². The fourth-order valence-corrected chi connectivity index (χ4v) is 1.86. The Labute approximate surface area is 79.4 Å². The highest BCUT2D eigenvalue weighted by Crippen LogP contribution is 2.13. The molecular formula is C9H9N3O2. The van der Waals surface area contributed by atoms with Gasteiger partial charge >= 0.3 is 0 Å². The Kier molecular flexibility index (Phi) is 1.47. The Hall–Kier alpha value is -1.65. The maximum Gasteiger partial charge on any atom is 0.298 e. The molecular weight excluding hydrogens is 182 g/mol. The van der Waals surface area contributed by atoms with Gasteiger partial charge in [-0.1, -0.05) is 0 Å². The van der Waals surface area contributed by atoms with E-state index in [1.165, 1.54) is 6.39 Å². The molecule has 0 fully saturated rings. The molecule has 3 heterocycles. The van der Waals surface area contributed by atoms with E-state index in [1.807, 2.05) is 0 Å². The van der Waals surface area contributed by atoms with Crippen LogP contribution in [0.2, 0.25) is 0 Å². The van der Waals surface area contributed by atoms with Gasteiger partial charge < -0.3 is 4.42 Å². The Morgan fingerprint density at radius 3 is 3.29 bits per heavy atom. The van der Waals surface area contributed by atoms with Crippen LogP contribution in [-0.4, -0.2) is 14.5 Å². The molecule has 0 radical (unpaired) electrons. The quantitative estimate of drug-likeness (QED) is 0.615. The summed E-state index contributed by atoms with van der Waals surface area (Å²) in [5.74, 6) is 0.836. The molecule has 0 aliphatic carbocycles. The minimum Gasteiger partial charge on any atom is -0.436 e. The van der Waals surface area contributed by atoms with Crippen molar-refractivity contribution in [2.45, 2.75) is 25.8 Å². The Morgan fingerprint density at radius 2 is 2.36 bits per heavy atom. The normalized spacial score (nSPS) is 15.7. The lowest BCUT2D eigenvalue weighted by Gasteiger charge is -2.15. The van der Waals surface area contributed by atoms with E-state index in [4.69, 9.17) is 4.42 Å². The van der Waals surface area contributed by atoms with Gasteiger partial charge in [0.1, 0.15) is 5.82 Å². The van der Waals surface area contributed by atoms with Gasteiger partial charge in [-0.2, -0.15) is 4.98 Å². The molecule has 5 nitrogen and oxygen atoms in total. The molecule has 14 heavy (non-hydrogen) atoms. The van der Waals surface area contributed by atoms with E-state index in [9.17, 15) is 4.79 Å². The van der Waals surface area contributed by atoms with Crippen LogP contribution in [0.3, 0.4) is 0 Å². The maximum absolute atomic E-state index is 11.8. The monoisotopic (exact) mass is 191 g/mol. The zero-order chi connectivity index (χ0) is 9.54. The number of rotatable bonds is 0. The second kappa shape index (κ2) is 2.67. The summed E-state index contributed by atoms with van der Waals surface area (Å²) in [6.45, 7) is 0.748. The van der Waals surface area contributed by atoms with Gasteiger partial charge in [-0.05, 0) is 12.8 Å². The number of hydrogen-bond acceptors (Lipinski definition) is 4. The summed E-state index contributed by atoms with van der Waals surface area (Å²) in [5.41, 5.74) is 0.612. The molecule has 0 unspecified atom stereocenters. The molecule has 0 aromatic carbocycles. The Balaban J connectivity index is 2.42. The SMILES string of the molecule is O=c1c2ocnc2nc2n1CCCC2. The third kappa shape index (κ3) is 0.921. The zero-order valence-electron chi connectivity index (χ0n) is 7.56. The number of fused-ring (bicyclic) bond motifs is 2. The van der Waals surface area contributed by atoms with Crippen LogP contribution in [0, 0.1) is 0 Å². The summed E-state index contributed by atoms with van der Waals surface area (Å²) in [7, 11) is 0. The van der Waals surface area contributed by atoms with Gasteiger partial charge in [0.15, 0.2) is 6.39 Å². The highest BCUT2D eigenvalue weighted by molar-refractivity contribution is 5.65. The zero-order valence-corrected chi connectivity index (χ0v) is 7.56. The van der Waals surface area contributed by atoms with Crippen LogP contribution < -0.4 is 5.56 Å². The maximum atomic E-state index is 11.8. The van der Waals surface area contributed by atoms with Crippen molar-refractivity contribution in [1.29, 1.82) is 0 Å². The highest BCUT2D eigenvalue weighted by Gasteiger charge is 2.16. The molecule has 3 rings (SSSR count). The van der Waals surface area contributed by atoms with Crippen molar-refractivity contribution in [1.82, 2.24) is 14.5 Å². The Morgan fingerprint density at radius 1 is 1.43 bits per heavy atom. The van der Waals surface area contributed by atoms with Gasteiger partial charge in [0, 0.05) is 13.0 Å². The fraction of sp³-hybridized carbons (Fsp3) is 0.444. The average Bonchev–Trinajstić information content (AvgIpc) is 2.66. The smallest absolute Gasteiger partial charge is 0.298 e. The first-order valence-electron chi connectivity index (χ1n) is 4.69. The number of aromatic nitrogens is 3. The molecule has 5 heteroatoms. The molecule has 2 aromatic rings. The van der Waals surface area contributed by atoms with Crippen molar-refractivity contribution >= 4 is 11.2 Å². The van der Waals surface area contributed by atoms with Crippen molar-refractivity contribution in [3.8, 4) is 0 Å². The van der Waals surface area contributed by atoms with Crippen LogP contribution in [0.25, 0.3) is 11.2 Å². The van der Waals surface area contributed by atoms with Crippen molar-refractivity contribution in [2.24, 2.45) is 0 Å². The molecule has 1 aliphatic rings. The molecule has 1 aliphatic heterocycles. The van der Waals surface area contributed by atoms with Crippen molar-refractivity contribution < 1.29 is 4.42 Å². The van der Waals surface area contributed by atoms with Crippen LogP contribution in [0.1, 0.15) is 18.7 Å². The summed E-state index contributed by atoms with van der Waals surface area (Å²) in [5, 5.41) is 0. The number of oxazole rings is 1. The van der Waals surface area contributed by atoms with E-state index in [0.29, 0.717) is 5.65 Å². The van der Waals surface area contributed by atoms with Gasteiger partial charge in [0.25, 0.3) is 5.56 Å². The lowest BCUT2D eigenvalue weighted by molar-refractivity contribution is 0.492. The lowest BCUT2D eigenvalue weighted by Crippen LogP contribution is -2.27. The van der Waals surface area contributed by atoms with Gasteiger partial charge in [0.2, 0.25) is 11.2 Å². The number of aryl methyl sites for hydroxylation is 1. The van der Waals surface area contributed by atoms with E-state index >= 15 is 0 Å². The molecule has 0 saturated heterocycles. The number of hydrogen-bond donors (Lipinski definition) is 0. The first-order valence-corrected chi connectivity index (χ1v) is 4.69. The second-order valence-corrected chi connectivity index (χ2v) is 3.45. The summed E-state index contributed by atoms with van der Waals surface area (Å²) in [6, 6.07) is 0. The standard InChI is InChI=1S/C9H9N3O2/c13-9-7-8(10-5-14-7)11-6-3-1-2-4-12(6)9/h5H,1-4H2. The molecule has 0 saturated carbocycles. The van der Waals surface area contributed by atoms with Crippen LogP contribution >= 0.6 is 0 Å². The van der Waals surface area contributed by atoms with Gasteiger partial charge in [-0.25, -0.2) is 4.98 Å². The third-order valence-electron chi connectivity index (χ3n) is 2.57. The average molecular weight is 191 g/mol. The van der Waals surface area contributed by atoms with E-state index in [1.54, 1.807) is 4.57 Å². The van der Waals surface area contributed by atoms with Crippen LogP contribution in [0.4, 0.5) is 0 Å². The molecule has 0 spiro atoms. The predicted octanol–water partition coefficient (Wildman–Crippen LogP) is 0.721. The van der Waals surface area contributed by atoms with E-state index in [-0.39, 0.29) is 11.1 Å². The summed E-state index contributed by atoms with van der Waals surface area (Å²) >= 11 is 0. The first kappa shape index (κ1) is 7.73. The van der Waals surface area contributed by atoms with E-state index < -0.39 is 0 Å². The topological polar surface area (TPSA) is 60.9 Å². The highest BCUT2D eigenvalue weighted by atomic mass is 16.3. The van der Waals surface area contributed by atoms with Crippen molar-refractivity contribution in [3.05, 3.63) is 22.6 Å². The first-order chi connectivity index (χ1) is 6.86. The van der Waals surface area contributed by atoms with E-state index in [0.717, 1.165) is 31.6 Å². The minimum atomic E-state index is -0.0952. The second-order valence-electron chi connectivity index (χ2n) is 3.45. The molecule has 0 N–H and O–H groups in total. The summed E-state index contributed by atoms with van der Waals surface area (Å²) < 4.78 is 6.70. The fourth-order valence-electron chi connectivity index (χ4n) is 1.86. The summed E-state index contributed by atoms with van der Waals surface area (Å²) in [4.78, 5) is 20.0. The molecule has 2 aromatic heterocycles. The third-order valence-corrected chi connectivity index (χ3v) is 2.57. The van der Waals surface area contributed by atoms with Gasteiger partial charge in [0.05, 0.1) is 0 Å². The lowest BCUT2D eigenvalue weighted by atomic mass is 10.1. The number of nitrogens with zero attached hydrogens (tertiary/aromatic N) is 3. The van der Waals surface area contributed by atoms with E-state index in [2.05, 4.69) is 9.97 Å². The van der Waals surface area contributed by atoms with Gasteiger partial charge in [-0.15, -0.1) is 0 Å². The van der Waals surface area contributed by atoms with Crippen LogP contribution in [0.5, 0.6) is 0 Å². The van der Waals surface area contributed by atoms with Gasteiger partial charge in [-0.3, -0.25) is 9.36 Å².